The molecule has 22 heavy (non-hydrogen) atoms. The molecule has 1 saturated carbocycles. The number of halogens is 2. The molecule has 1 aliphatic carbocycles. The van der Waals surface area contributed by atoms with Crippen molar-refractivity contribution in [2.75, 3.05) is 6.54 Å². The summed E-state index contributed by atoms with van der Waals surface area (Å²) in [6.45, 7) is 2.11. The van der Waals surface area contributed by atoms with E-state index in [1.54, 1.807) is 0 Å². The molecular formula is C16H22F2N2O2. The predicted octanol–water partition coefficient (Wildman–Crippen LogP) is 3.02. The van der Waals surface area contributed by atoms with Gasteiger partial charge in [0.15, 0.2) is 0 Å². The Bertz CT molecular complexity index is 533. The first-order valence-corrected chi connectivity index (χ1v) is 7.65. The van der Waals surface area contributed by atoms with Crippen molar-refractivity contribution in [2.24, 2.45) is 0 Å². The van der Waals surface area contributed by atoms with E-state index < -0.39 is 29.3 Å². The third-order valence-electron chi connectivity index (χ3n) is 4.08. The minimum atomic E-state index is -0.807. The van der Waals surface area contributed by atoms with E-state index in [0.29, 0.717) is 19.3 Å². The molecule has 122 valence electrons. The van der Waals surface area contributed by atoms with Gasteiger partial charge >= 0.3 is 6.03 Å². The lowest BCUT2D eigenvalue weighted by atomic mass is 9.80. The van der Waals surface area contributed by atoms with E-state index >= 15 is 0 Å². The van der Waals surface area contributed by atoms with E-state index in [9.17, 15) is 18.7 Å². The van der Waals surface area contributed by atoms with Crippen molar-refractivity contribution in [1.29, 1.82) is 0 Å². The van der Waals surface area contributed by atoms with E-state index in [-0.39, 0.29) is 12.1 Å². The Morgan fingerprint density at radius 3 is 2.68 bits per heavy atom. The standard InChI is InChI=1S/C16H22F2N2O2/c1-2-4-14(12-6-5-11(17)9-13(12)18)20-15(21)19-10-16(22)7-3-8-16/h5-6,9,14,22H,2-4,7-8,10H2,1H3,(H2,19,20,21). The lowest BCUT2D eigenvalue weighted by Gasteiger charge is -2.36. The van der Waals surface area contributed by atoms with Crippen LogP contribution in [0, 0.1) is 11.6 Å². The van der Waals surface area contributed by atoms with Crippen molar-refractivity contribution in [3.63, 3.8) is 0 Å². The van der Waals surface area contributed by atoms with Gasteiger partial charge in [0, 0.05) is 18.2 Å². The molecule has 1 fully saturated rings. The Labute approximate surface area is 128 Å². The highest BCUT2D eigenvalue weighted by atomic mass is 19.1. The minimum absolute atomic E-state index is 0.184. The summed E-state index contributed by atoms with van der Waals surface area (Å²) in [7, 11) is 0. The summed E-state index contributed by atoms with van der Waals surface area (Å²) in [4.78, 5) is 11.9. The van der Waals surface area contributed by atoms with E-state index in [1.165, 1.54) is 12.1 Å². The molecule has 1 aliphatic rings. The number of rotatable bonds is 6. The summed E-state index contributed by atoms with van der Waals surface area (Å²) in [6, 6.07) is 2.36. The molecule has 1 aromatic rings. The molecule has 2 rings (SSSR count). The number of carbonyl (C=O) groups excluding carboxylic acids is 1. The van der Waals surface area contributed by atoms with Crippen molar-refractivity contribution in [3.8, 4) is 0 Å². The van der Waals surface area contributed by atoms with Gasteiger partial charge in [-0.05, 0) is 31.7 Å². The van der Waals surface area contributed by atoms with Crippen LogP contribution in [0.1, 0.15) is 50.6 Å². The monoisotopic (exact) mass is 312 g/mol. The van der Waals surface area contributed by atoms with Crippen LogP contribution in [0.15, 0.2) is 18.2 Å². The molecule has 0 radical (unpaired) electrons. The van der Waals surface area contributed by atoms with Crippen LogP contribution in [-0.4, -0.2) is 23.3 Å². The molecule has 6 heteroatoms. The highest BCUT2D eigenvalue weighted by Crippen LogP contribution is 2.30. The van der Waals surface area contributed by atoms with Crippen LogP contribution in [0.2, 0.25) is 0 Å². The SMILES string of the molecule is CCCC(NC(=O)NCC1(O)CCC1)c1ccc(F)cc1F. The number of hydrogen-bond donors (Lipinski definition) is 3. The van der Waals surface area contributed by atoms with Gasteiger partial charge in [-0.1, -0.05) is 19.4 Å². The molecule has 0 aromatic heterocycles. The largest absolute Gasteiger partial charge is 0.388 e. The number of amides is 2. The summed E-state index contributed by atoms with van der Waals surface area (Å²) in [5, 5.41) is 15.3. The fourth-order valence-electron chi connectivity index (χ4n) is 2.59. The normalized spacial score (nSPS) is 17.5. The highest BCUT2D eigenvalue weighted by molar-refractivity contribution is 5.74. The van der Waals surface area contributed by atoms with Gasteiger partial charge in [0.1, 0.15) is 11.6 Å². The first-order chi connectivity index (χ1) is 10.4. The second kappa shape index (κ2) is 7.05. The second-order valence-corrected chi connectivity index (χ2v) is 5.91. The average molecular weight is 312 g/mol. The topological polar surface area (TPSA) is 61.4 Å². The average Bonchev–Trinajstić information content (AvgIpc) is 2.43. The molecule has 1 unspecified atom stereocenters. The molecule has 3 N–H and O–H groups in total. The smallest absolute Gasteiger partial charge is 0.315 e. The molecule has 0 bridgehead atoms. The van der Waals surface area contributed by atoms with Crippen molar-refractivity contribution < 1.29 is 18.7 Å². The molecule has 4 nitrogen and oxygen atoms in total. The van der Waals surface area contributed by atoms with Gasteiger partial charge in [-0.3, -0.25) is 0 Å². The van der Waals surface area contributed by atoms with Crippen LogP contribution in [0.5, 0.6) is 0 Å². The molecule has 0 aliphatic heterocycles. The number of carbonyl (C=O) groups is 1. The van der Waals surface area contributed by atoms with Crippen LogP contribution >= 0.6 is 0 Å². The fraction of sp³-hybridized carbons (Fsp3) is 0.562. The Hall–Kier alpha value is -1.69. The Balaban J connectivity index is 1.97. The van der Waals surface area contributed by atoms with Gasteiger partial charge in [0.2, 0.25) is 0 Å². The molecule has 0 spiro atoms. The number of benzene rings is 1. The summed E-state index contributed by atoms with van der Waals surface area (Å²) >= 11 is 0. The maximum Gasteiger partial charge on any atom is 0.315 e. The van der Waals surface area contributed by atoms with Crippen molar-refractivity contribution in [3.05, 3.63) is 35.4 Å². The number of aliphatic hydroxyl groups is 1. The Kier molecular flexibility index (Phi) is 5.34. The van der Waals surface area contributed by atoms with Gasteiger partial charge in [0.25, 0.3) is 0 Å². The van der Waals surface area contributed by atoms with Gasteiger partial charge in [0.05, 0.1) is 11.6 Å². The summed E-state index contributed by atoms with van der Waals surface area (Å²) in [6.07, 6.45) is 3.60. The van der Waals surface area contributed by atoms with Crippen molar-refractivity contribution in [2.45, 2.75) is 50.7 Å². The van der Waals surface area contributed by atoms with Gasteiger partial charge < -0.3 is 15.7 Å². The zero-order chi connectivity index (χ0) is 16.2. The summed E-state index contributed by atoms with van der Waals surface area (Å²) in [5.41, 5.74) is -0.542. The van der Waals surface area contributed by atoms with E-state index in [4.69, 9.17) is 0 Å². The van der Waals surface area contributed by atoms with Crippen LogP contribution in [-0.2, 0) is 0 Å². The number of nitrogens with one attached hydrogen (secondary N) is 2. The zero-order valence-electron chi connectivity index (χ0n) is 12.7. The Morgan fingerprint density at radius 1 is 1.41 bits per heavy atom. The third-order valence-corrected chi connectivity index (χ3v) is 4.08. The van der Waals surface area contributed by atoms with Crippen LogP contribution in [0.25, 0.3) is 0 Å². The fourth-order valence-corrected chi connectivity index (χ4v) is 2.59. The number of hydrogen-bond acceptors (Lipinski definition) is 2. The Morgan fingerprint density at radius 2 is 2.14 bits per heavy atom. The van der Waals surface area contributed by atoms with Crippen LogP contribution < -0.4 is 10.6 Å². The lowest BCUT2D eigenvalue weighted by molar-refractivity contribution is -0.0290. The maximum atomic E-state index is 13.9. The second-order valence-electron chi connectivity index (χ2n) is 5.91. The summed E-state index contributed by atoms with van der Waals surface area (Å²) < 4.78 is 26.9. The van der Waals surface area contributed by atoms with Crippen LogP contribution in [0.4, 0.5) is 13.6 Å². The molecule has 0 saturated heterocycles. The molecule has 1 aromatic carbocycles. The molecular weight excluding hydrogens is 290 g/mol. The van der Waals surface area contributed by atoms with Crippen LogP contribution in [0.3, 0.4) is 0 Å². The first kappa shape index (κ1) is 16.7. The van der Waals surface area contributed by atoms with Crippen molar-refractivity contribution >= 4 is 6.03 Å². The minimum Gasteiger partial charge on any atom is -0.388 e. The molecule has 2 amide bonds. The van der Waals surface area contributed by atoms with E-state index in [0.717, 1.165) is 18.9 Å². The van der Waals surface area contributed by atoms with Gasteiger partial charge in [-0.25, -0.2) is 13.6 Å². The predicted molar refractivity (Wildman–Crippen MR) is 79.3 cm³/mol. The summed E-state index contributed by atoms with van der Waals surface area (Å²) in [5.74, 6) is -1.32. The number of urea groups is 1. The van der Waals surface area contributed by atoms with Gasteiger partial charge in [-0.2, -0.15) is 0 Å². The van der Waals surface area contributed by atoms with Gasteiger partial charge in [-0.15, -0.1) is 0 Å². The highest BCUT2D eigenvalue weighted by Gasteiger charge is 2.34. The maximum absolute atomic E-state index is 13.9. The van der Waals surface area contributed by atoms with E-state index in [1.807, 2.05) is 6.92 Å². The lowest BCUT2D eigenvalue weighted by Crippen LogP contribution is -2.50. The zero-order valence-corrected chi connectivity index (χ0v) is 12.7. The first-order valence-electron chi connectivity index (χ1n) is 7.65. The quantitative estimate of drug-likeness (QED) is 0.756. The molecule has 1 atom stereocenters. The molecule has 0 heterocycles. The van der Waals surface area contributed by atoms with E-state index in [2.05, 4.69) is 10.6 Å². The van der Waals surface area contributed by atoms with Crippen molar-refractivity contribution in [1.82, 2.24) is 10.6 Å². The third kappa shape index (κ3) is 4.16.